The molecular weight excluding hydrogens is 416 g/mol. The van der Waals surface area contributed by atoms with E-state index >= 15 is 0 Å². The molecule has 33 heavy (non-hydrogen) atoms. The molecule has 0 bridgehead atoms. The van der Waals surface area contributed by atoms with Crippen LogP contribution in [0.2, 0.25) is 0 Å². The van der Waals surface area contributed by atoms with Crippen LogP contribution in [0.5, 0.6) is 0 Å². The molecule has 0 aromatic heterocycles. The molecule has 0 saturated heterocycles. The van der Waals surface area contributed by atoms with Crippen LogP contribution in [0.1, 0.15) is 85.0 Å². The molecular formula is C28H44O5. The van der Waals surface area contributed by atoms with E-state index in [0.29, 0.717) is 12.8 Å². The van der Waals surface area contributed by atoms with Crippen molar-refractivity contribution in [3.8, 4) is 0 Å². The van der Waals surface area contributed by atoms with E-state index in [0.717, 1.165) is 30.8 Å². The summed E-state index contributed by atoms with van der Waals surface area (Å²) in [7, 11) is 1.59. The zero-order valence-electron chi connectivity index (χ0n) is 21.0. The Hall–Kier alpha value is -1.72. The van der Waals surface area contributed by atoms with Crippen molar-refractivity contribution in [3.05, 3.63) is 36.0 Å². The van der Waals surface area contributed by atoms with E-state index in [1.165, 1.54) is 38.2 Å². The molecule has 0 aromatic rings. The number of hydrogen-bond acceptors (Lipinski definition) is 5. The normalized spacial score (nSPS) is 32.6. The van der Waals surface area contributed by atoms with E-state index < -0.39 is 30.2 Å². The second kappa shape index (κ2) is 14.5. The number of aliphatic hydroxyl groups excluding tert-OH is 1. The van der Waals surface area contributed by atoms with E-state index in [4.69, 9.17) is 9.47 Å². The predicted octanol–water partition coefficient (Wildman–Crippen LogP) is 5.72. The van der Waals surface area contributed by atoms with Crippen molar-refractivity contribution in [1.82, 2.24) is 0 Å². The van der Waals surface area contributed by atoms with Crippen LogP contribution in [-0.2, 0) is 19.1 Å². The van der Waals surface area contributed by atoms with Gasteiger partial charge in [-0.3, -0.25) is 4.79 Å². The van der Waals surface area contributed by atoms with Gasteiger partial charge in [0.2, 0.25) is 0 Å². The Morgan fingerprint density at radius 1 is 1.21 bits per heavy atom. The van der Waals surface area contributed by atoms with Crippen molar-refractivity contribution in [2.75, 3.05) is 7.11 Å². The van der Waals surface area contributed by atoms with Crippen LogP contribution in [0.3, 0.4) is 0 Å². The van der Waals surface area contributed by atoms with Crippen molar-refractivity contribution in [2.45, 2.75) is 103 Å². The van der Waals surface area contributed by atoms with Crippen molar-refractivity contribution in [1.29, 1.82) is 0 Å². The van der Waals surface area contributed by atoms with Crippen LogP contribution in [0.25, 0.3) is 0 Å². The highest BCUT2D eigenvalue weighted by Crippen LogP contribution is 2.29. The van der Waals surface area contributed by atoms with Gasteiger partial charge in [0, 0.05) is 25.5 Å². The van der Waals surface area contributed by atoms with Gasteiger partial charge in [-0.15, -0.1) is 0 Å². The predicted molar refractivity (Wildman–Crippen MR) is 132 cm³/mol. The van der Waals surface area contributed by atoms with Crippen LogP contribution >= 0.6 is 0 Å². The summed E-state index contributed by atoms with van der Waals surface area (Å²) in [4.78, 5) is 25.5. The Morgan fingerprint density at radius 3 is 2.61 bits per heavy atom. The van der Waals surface area contributed by atoms with Crippen LogP contribution < -0.4 is 0 Å². The molecule has 5 heteroatoms. The maximum Gasteiger partial charge on any atom is 0.331 e. The third-order valence-corrected chi connectivity index (χ3v) is 7.17. The molecule has 1 heterocycles. The Bertz CT molecular complexity index is 701. The molecule has 5 nitrogen and oxygen atoms in total. The number of hydrogen-bond donors (Lipinski definition) is 1. The van der Waals surface area contributed by atoms with Crippen molar-refractivity contribution in [3.63, 3.8) is 0 Å². The molecule has 1 saturated carbocycles. The van der Waals surface area contributed by atoms with Gasteiger partial charge in [-0.25, -0.2) is 4.79 Å². The first kappa shape index (κ1) is 27.5. The number of carbonyl (C=O) groups excluding carboxylic acids is 2. The van der Waals surface area contributed by atoms with Crippen molar-refractivity contribution >= 4 is 11.8 Å². The minimum Gasteiger partial charge on any atom is -0.454 e. The number of allylic oxidation sites excluding steroid dienone is 2. The zero-order chi connectivity index (χ0) is 24.2. The molecule has 0 radical (unpaired) electrons. The van der Waals surface area contributed by atoms with E-state index in [-0.39, 0.29) is 11.7 Å². The van der Waals surface area contributed by atoms with Gasteiger partial charge in [-0.05, 0) is 37.7 Å². The van der Waals surface area contributed by atoms with E-state index in [1.807, 2.05) is 39.0 Å². The lowest BCUT2D eigenvalue weighted by molar-refractivity contribution is -0.145. The summed E-state index contributed by atoms with van der Waals surface area (Å²) >= 11 is 0. The highest BCUT2D eigenvalue weighted by Gasteiger charge is 2.30. The number of methoxy groups -OCH3 is 1. The number of esters is 1. The first-order valence-corrected chi connectivity index (χ1v) is 12.8. The quantitative estimate of drug-likeness (QED) is 0.389. The number of carbonyl (C=O) groups is 2. The molecule has 186 valence electrons. The van der Waals surface area contributed by atoms with E-state index in [2.05, 4.69) is 0 Å². The summed E-state index contributed by atoms with van der Waals surface area (Å²) in [5.41, 5.74) is 0.785. The summed E-state index contributed by atoms with van der Waals surface area (Å²) in [6, 6.07) is 0. The van der Waals surface area contributed by atoms with Gasteiger partial charge in [0.1, 0.15) is 18.0 Å². The largest absolute Gasteiger partial charge is 0.454 e. The van der Waals surface area contributed by atoms with Gasteiger partial charge < -0.3 is 14.6 Å². The van der Waals surface area contributed by atoms with Crippen LogP contribution in [0.4, 0.5) is 0 Å². The van der Waals surface area contributed by atoms with Crippen LogP contribution in [0, 0.1) is 17.8 Å². The number of Topliss-reactive ketones (excluding diaryl/α,β-unsaturated/α-hetero) is 1. The fourth-order valence-corrected chi connectivity index (χ4v) is 5.03. The molecule has 1 N–H and O–H groups in total. The first-order chi connectivity index (χ1) is 15.8. The topological polar surface area (TPSA) is 72.8 Å². The van der Waals surface area contributed by atoms with Gasteiger partial charge in [-0.1, -0.05) is 76.7 Å². The molecule has 5 atom stereocenters. The molecule has 1 aliphatic carbocycles. The Balaban J connectivity index is 2.12. The molecule has 2 rings (SSSR count). The minimum atomic E-state index is -0.738. The molecule has 1 aliphatic heterocycles. The number of aliphatic hydroxyl groups is 1. The summed E-state index contributed by atoms with van der Waals surface area (Å²) in [6.45, 7) is 5.64. The highest BCUT2D eigenvalue weighted by molar-refractivity contribution is 5.84. The minimum absolute atomic E-state index is 0.132. The third kappa shape index (κ3) is 9.21. The van der Waals surface area contributed by atoms with Crippen LogP contribution in [-0.4, -0.2) is 42.3 Å². The molecule has 1 fully saturated rings. The summed E-state index contributed by atoms with van der Waals surface area (Å²) in [5.74, 6) is -0.204. The summed E-state index contributed by atoms with van der Waals surface area (Å²) in [5, 5.41) is 10.8. The lowest BCUT2D eigenvalue weighted by atomic mass is 9.84. The highest BCUT2D eigenvalue weighted by atomic mass is 16.5. The second-order valence-corrected chi connectivity index (χ2v) is 9.88. The molecule has 2 aliphatic rings. The smallest absolute Gasteiger partial charge is 0.331 e. The SMILES string of the molecule is CO[C@H]1/C=C/CC/C=C/C(=O)OC([C@H](C)C(=O)CCCC2CCCCC2)/C(C)=C\[C@@H](C)[C@@H]1O. The van der Waals surface area contributed by atoms with E-state index in [1.54, 1.807) is 13.2 Å². The molecule has 0 amide bonds. The van der Waals surface area contributed by atoms with Crippen molar-refractivity contribution in [2.24, 2.45) is 17.8 Å². The fraction of sp³-hybridized carbons (Fsp3) is 0.714. The Morgan fingerprint density at radius 2 is 1.91 bits per heavy atom. The number of ketones is 1. The average molecular weight is 461 g/mol. The maximum atomic E-state index is 13.0. The maximum absolute atomic E-state index is 13.0. The molecule has 0 spiro atoms. The summed E-state index contributed by atoms with van der Waals surface area (Å²) in [6.07, 6.45) is 17.7. The standard InChI is InChI=1S/C28H44O5/c1-20-19-21(2)28(22(3)24(29)16-12-15-23-13-8-7-9-14-23)33-26(30)18-11-6-5-10-17-25(32-4)27(20)31/h10-11,17-20,22-23,25,27-28,31H,5-9,12-16H2,1-4H3/b17-10+,18-11+,21-19-/t20-,22-,25+,27+,28?/m1/s1. The monoisotopic (exact) mass is 460 g/mol. The van der Waals surface area contributed by atoms with Gasteiger partial charge in [0.25, 0.3) is 0 Å². The van der Waals surface area contributed by atoms with E-state index in [9.17, 15) is 14.7 Å². The third-order valence-electron chi connectivity index (χ3n) is 7.17. The van der Waals surface area contributed by atoms with Gasteiger partial charge in [0.15, 0.2) is 0 Å². The fourth-order valence-electron chi connectivity index (χ4n) is 5.03. The number of rotatable bonds is 7. The molecule has 1 unspecified atom stereocenters. The zero-order valence-corrected chi connectivity index (χ0v) is 21.0. The van der Waals surface area contributed by atoms with Gasteiger partial charge in [0.05, 0.1) is 12.0 Å². The van der Waals surface area contributed by atoms with Gasteiger partial charge >= 0.3 is 5.97 Å². The van der Waals surface area contributed by atoms with Crippen LogP contribution in [0.15, 0.2) is 36.0 Å². The van der Waals surface area contributed by atoms with Crippen molar-refractivity contribution < 1.29 is 24.2 Å². The summed E-state index contributed by atoms with van der Waals surface area (Å²) < 4.78 is 11.2. The first-order valence-electron chi connectivity index (χ1n) is 12.8. The Labute approximate surface area is 200 Å². The number of ether oxygens (including phenoxy) is 2. The lowest BCUT2D eigenvalue weighted by Gasteiger charge is -2.27. The number of cyclic esters (lactones) is 1. The second-order valence-electron chi connectivity index (χ2n) is 9.88. The average Bonchev–Trinajstić information content (AvgIpc) is 2.81. The Kier molecular flexibility index (Phi) is 12.1. The van der Waals surface area contributed by atoms with Gasteiger partial charge in [-0.2, -0.15) is 0 Å². The lowest BCUT2D eigenvalue weighted by Crippen LogP contribution is -2.34. The molecule has 0 aromatic carbocycles.